The highest BCUT2D eigenvalue weighted by atomic mass is 35.5. The van der Waals surface area contributed by atoms with Crippen molar-refractivity contribution in [3.8, 4) is 0 Å². The lowest BCUT2D eigenvalue weighted by atomic mass is 9.88. The molecule has 2 aliphatic rings. The zero-order valence-electron chi connectivity index (χ0n) is 15.0. The van der Waals surface area contributed by atoms with Crippen LogP contribution in [0.5, 0.6) is 0 Å². The summed E-state index contributed by atoms with van der Waals surface area (Å²) in [6.07, 6.45) is 0. The van der Waals surface area contributed by atoms with Crippen molar-refractivity contribution < 1.29 is 9.59 Å². The third-order valence-electron chi connectivity index (χ3n) is 5.07. The van der Waals surface area contributed by atoms with Crippen LogP contribution >= 0.6 is 24.8 Å². The Morgan fingerprint density at radius 3 is 2.04 bits per heavy atom. The number of nitrogens with zero attached hydrogens (tertiary/aromatic N) is 3. The maximum Gasteiger partial charge on any atom is 0.236 e. The number of hydrogen-bond donors (Lipinski definition) is 1. The van der Waals surface area contributed by atoms with Crippen LogP contribution in [0.25, 0.3) is 0 Å². The first-order chi connectivity index (χ1) is 10.6. The molecule has 0 aromatic carbocycles. The molecule has 2 saturated heterocycles. The summed E-state index contributed by atoms with van der Waals surface area (Å²) in [5.41, 5.74) is 0. The minimum Gasteiger partial charge on any atom is -0.342 e. The highest BCUT2D eigenvalue weighted by molar-refractivity contribution is 5.85. The lowest BCUT2D eigenvalue weighted by molar-refractivity contribution is -0.139. The van der Waals surface area contributed by atoms with E-state index in [0.717, 1.165) is 52.4 Å². The summed E-state index contributed by atoms with van der Waals surface area (Å²) in [4.78, 5) is 30.6. The van der Waals surface area contributed by atoms with Crippen LogP contribution in [0.15, 0.2) is 0 Å². The van der Waals surface area contributed by atoms with E-state index in [0.29, 0.717) is 12.5 Å². The van der Waals surface area contributed by atoms with E-state index in [4.69, 9.17) is 0 Å². The second-order valence-corrected chi connectivity index (χ2v) is 6.37. The number of halogens is 2. The van der Waals surface area contributed by atoms with Gasteiger partial charge in [-0.25, -0.2) is 0 Å². The molecule has 142 valence electrons. The molecule has 2 aliphatic heterocycles. The molecule has 8 heteroatoms. The van der Waals surface area contributed by atoms with Crippen LogP contribution < -0.4 is 5.32 Å². The summed E-state index contributed by atoms with van der Waals surface area (Å²) in [7, 11) is 0. The summed E-state index contributed by atoms with van der Waals surface area (Å²) in [5, 5.41) is 3.23. The zero-order chi connectivity index (χ0) is 16.1. The van der Waals surface area contributed by atoms with Crippen molar-refractivity contribution in [2.45, 2.75) is 20.8 Å². The minimum absolute atomic E-state index is 0. The predicted octanol–water partition coefficient (Wildman–Crippen LogP) is 0.698. The normalized spacial score (nSPS) is 19.5. The summed E-state index contributed by atoms with van der Waals surface area (Å²) in [5.74, 6) is 1.08. The molecule has 1 N–H and O–H groups in total. The number of carbonyl (C=O) groups excluding carboxylic acids is 2. The van der Waals surface area contributed by atoms with E-state index in [1.165, 1.54) is 0 Å². The Bertz CT molecular complexity index is 396. The minimum atomic E-state index is 0. The number of nitrogens with one attached hydrogen (secondary N) is 1. The van der Waals surface area contributed by atoms with Gasteiger partial charge < -0.3 is 15.1 Å². The van der Waals surface area contributed by atoms with E-state index in [9.17, 15) is 9.59 Å². The smallest absolute Gasteiger partial charge is 0.236 e. The standard InChI is InChI=1S/C16H30N4O2.2ClH/c1-4-19(5-2)15(21)12-18-6-8-20(9-7-18)16(22)13(3)14-10-17-11-14;;/h13-14,17H,4-12H2,1-3H3;2*1H. The van der Waals surface area contributed by atoms with E-state index in [1.807, 2.05) is 30.6 Å². The fourth-order valence-corrected chi connectivity index (χ4v) is 3.15. The summed E-state index contributed by atoms with van der Waals surface area (Å²) in [6.45, 7) is 13.1. The van der Waals surface area contributed by atoms with Gasteiger partial charge in [-0.2, -0.15) is 0 Å². The molecule has 0 aliphatic carbocycles. The molecule has 1 atom stereocenters. The summed E-state index contributed by atoms with van der Waals surface area (Å²) >= 11 is 0. The SMILES string of the molecule is CCN(CC)C(=O)CN1CCN(C(=O)C(C)C2CNC2)CC1.Cl.Cl. The molecule has 0 bridgehead atoms. The molecular weight excluding hydrogens is 351 g/mol. The van der Waals surface area contributed by atoms with E-state index in [2.05, 4.69) is 10.2 Å². The molecular formula is C16H32Cl2N4O2. The van der Waals surface area contributed by atoms with Crippen LogP contribution in [-0.4, -0.2) is 85.4 Å². The molecule has 2 amide bonds. The van der Waals surface area contributed by atoms with Crippen LogP contribution in [0.2, 0.25) is 0 Å². The number of carbonyl (C=O) groups is 2. The lowest BCUT2D eigenvalue weighted by Gasteiger charge is -2.39. The number of amides is 2. The molecule has 0 radical (unpaired) electrons. The fraction of sp³-hybridized carbons (Fsp3) is 0.875. The van der Waals surface area contributed by atoms with Crippen molar-refractivity contribution in [2.24, 2.45) is 11.8 Å². The zero-order valence-corrected chi connectivity index (χ0v) is 16.6. The van der Waals surface area contributed by atoms with Gasteiger partial charge in [0.15, 0.2) is 0 Å². The third-order valence-corrected chi connectivity index (χ3v) is 5.07. The third kappa shape index (κ3) is 5.76. The van der Waals surface area contributed by atoms with Crippen LogP contribution in [0.3, 0.4) is 0 Å². The lowest BCUT2D eigenvalue weighted by Crippen LogP contribution is -2.55. The predicted molar refractivity (Wildman–Crippen MR) is 101 cm³/mol. The molecule has 0 aromatic heterocycles. The van der Waals surface area contributed by atoms with Gasteiger partial charge in [0.05, 0.1) is 6.54 Å². The van der Waals surface area contributed by atoms with Gasteiger partial charge >= 0.3 is 0 Å². The van der Waals surface area contributed by atoms with Crippen LogP contribution in [0.1, 0.15) is 20.8 Å². The van der Waals surface area contributed by atoms with Gasteiger partial charge in [0, 0.05) is 45.2 Å². The van der Waals surface area contributed by atoms with E-state index in [-0.39, 0.29) is 42.5 Å². The average molecular weight is 383 g/mol. The number of hydrogen-bond acceptors (Lipinski definition) is 4. The molecule has 24 heavy (non-hydrogen) atoms. The average Bonchev–Trinajstić information content (AvgIpc) is 2.46. The van der Waals surface area contributed by atoms with Gasteiger partial charge in [-0.1, -0.05) is 6.92 Å². The van der Waals surface area contributed by atoms with Gasteiger partial charge in [0.1, 0.15) is 0 Å². The first-order valence-corrected chi connectivity index (χ1v) is 8.56. The fourth-order valence-electron chi connectivity index (χ4n) is 3.15. The summed E-state index contributed by atoms with van der Waals surface area (Å²) < 4.78 is 0. The monoisotopic (exact) mass is 382 g/mol. The molecule has 2 rings (SSSR count). The Morgan fingerprint density at radius 2 is 1.62 bits per heavy atom. The van der Waals surface area contributed by atoms with Crippen molar-refractivity contribution in [1.82, 2.24) is 20.0 Å². The molecule has 1 unspecified atom stereocenters. The van der Waals surface area contributed by atoms with Crippen LogP contribution in [-0.2, 0) is 9.59 Å². The molecule has 0 spiro atoms. The quantitative estimate of drug-likeness (QED) is 0.734. The van der Waals surface area contributed by atoms with Gasteiger partial charge in [0.2, 0.25) is 11.8 Å². The van der Waals surface area contributed by atoms with Crippen LogP contribution in [0.4, 0.5) is 0 Å². The summed E-state index contributed by atoms with van der Waals surface area (Å²) in [6, 6.07) is 0. The largest absolute Gasteiger partial charge is 0.342 e. The Hall–Kier alpha value is -0.560. The maximum absolute atomic E-state index is 12.5. The molecule has 0 aromatic rings. The maximum atomic E-state index is 12.5. The number of likely N-dealkylation sites (N-methyl/N-ethyl adjacent to an activating group) is 1. The van der Waals surface area contributed by atoms with Crippen molar-refractivity contribution >= 4 is 36.6 Å². The van der Waals surface area contributed by atoms with Gasteiger partial charge in [-0.15, -0.1) is 24.8 Å². The van der Waals surface area contributed by atoms with E-state index in [1.54, 1.807) is 0 Å². The van der Waals surface area contributed by atoms with Crippen molar-refractivity contribution in [3.05, 3.63) is 0 Å². The Morgan fingerprint density at radius 1 is 1.08 bits per heavy atom. The molecule has 6 nitrogen and oxygen atoms in total. The van der Waals surface area contributed by atoms with Crippen molar-refractivity contribution in [1.29, 1.82) is 0 Å². The van der Waals surface area contributed by atoms with Gasteiger partial charge in [-0.3, -0.25) is 14.5 Å². The molecule has 0 saturated carbocycles. The van der Waals surface area contributed by atoms with Crippen LogP contribution in [0, 0.1) is 11.8 Å². The topological polar surface area (TPSA) is 55.9 Å². The Balaban J connectivity index is 0.00000264. The van der Waals surface area contributed by atoms with Gasteiger partial charge in [0.25, 0.3) is 0 Å². The van der Waals surface area contributed by atoms with Gasteiger partial charge in [-0.05, 0) is 32.9 Å². The Kier molecular flexibility index (Phi) is 10.9. The van der Waals surface area contributed by atoms with Crippen molar-refractivity contribution in [3.63, 3.8) is 0 Å². The first-order valence-electron chi connectivity index (χ1n) is 8.56. The first kappa shape index (κ1) is 23.4. The Labute approximate surface area is 158 Å². The van der Waals surface area contributed by atoms with E-state index >= 15 is 0 Å². The number of piperazine rings is 1. The van der Waals surface area contributed by atoms with E-state index < -0.39 is 0 Å². The highest BCUT2D eigenvalue weighted by Gasteiger charge is 2.33. The second-order valence-electron chi connectivity index (χ2n) is 6.37. The molecule has 2 fully saturated rings. The second kappa shape index (κ2) is 11.1. The number of rotatable bonds is 6. The van der Waals surface area contributed by atoms with Crippen molar-refractivity contribution in [2.75, 3.05) is 58.9 Å². The highest BCUT2D eigenvalue weighted by Crippen LogP contribution is 2.19. The molecule has 2 heterocycles.